The number of hydrogen-bond acceptors (Lipinski definition) is 4. The number of carbonyl (C=O) groups excluding carboxylic acids is 1. The van der Waals surface area contributed by atoms with Crippen molar-refractivity contribution >= 4 is 38.9 Å². The van der Waals surface area contributed by atoms with E-state index in [0.717, 1.165) is 4.88 Å². The van der Waals surface area contributed by atoms with Crippen LogP contribution in [0.25, 0.3) is 0 Å². The molecule has 1 heterocycles. The van der Waals surface area contributed by atoms with Crippen LogP contribution in [0.15, 0.2) is 53.9 Å². The second-order valence-electron chi connectivity index (χ2n) is 5.01. The molecule has 0 saturated carbocycles. The van der Waals surface area contributed by atoms with Gasteiger partial charge in [0.05, 0.1) is 15.3 Å². The Balaban J connectivity index is 2.15. The molecule has 0 radical (unpaired) electrons. The van der Waals surface area contributed by atoms with Crippen molar-refractivity contribution in [2.75, 3.05) is 6.54 Å². The van der Waals surface area contributed by atoms with Crippen LogP contribution in [0.2, 0.25) is 4.34 Å². The van der Waals surface area contributed by atoms with E-state index in [1.165, 1.54) is 35.6 Å². The van der Waals surface area contributed by atoms with Crippen molar-refractivity contribution < 1.29 is 13.2 Å². The molecule has 0 saturated heterocycles. The third kappa shape index (κ3) is 4.67. The van der Waals surface area contributed by atoms with E-state index < -0.39 is 10.0 Å². The van der Waals surface area contributed by atoms with Gasteiger partial charge < -0.3 is 5.32 Å². The Bertz CT molecular complexity index is 847. The van der Waals surface area contributed by atoms with Crippen LogP contribution in [0.5, 0.6) is 0 Å². The number of benzene rings is 1. The molecule has 0 aliphatic rings. The fourth-order valence-electron chi connectivity index (χ4n) is 1.97. The lowest BCUT2D eigenvalue weighted by molar-refractivity contribution is 0.0940. The minimum atomic E-state index is -3.67. The molecular weight excluding hydrogens is 368 g/mol. The summed E-state index contributed by atoms with van der Waals surface area (Å²) in [6.07, 6.45) is 1.45. The molecule has 8 heteroatoms. The molecule has 0 aliphatic carbocycles. The number of carbonyl (C=O) groups is 1. The van der Waals surface area contributed by atoms with Gasteiger partial charge in [-0.25, -0.2) is 13.1 Å². The van der Waals surface area contributed by atoms with E-state index in [9.17, 15) is 13.2 Å². The second-order valence-corrected chi connectivity index (χ2v) is 8.52. The molecule has 0 aliphatic heterocycles. The molecular formula is C16H17ClN2O3S2. The van der Waals surface area contributed by atoms with Crippen molar-refractivity contribution in [2.24, 2.45) is 0 Å². The van der Waals surface area contributed by atoms with Gasteiger partial charge in [-0.15, -0.1) is 17.9 Å². The molecule has 128 valence electrons. The average molecular weight is 385 g/mol. The second kappa shape index (κ2) is 7.94. The van der Waals surface area contributed by atoms with E-state index in [1.807, 2.05) is 13.0 Å². The number of halogens is 1. The Morgan fingerprint density at radius 1 is 1.38 bits per heavy atom. The largest absolute Gasteiger partial charge is 0.345 e. The summed E-state index contributed by atoms with van der Waals surface area (Å²) < 4.78 is 27.2. The standard InChI is InChI=1S/C16H17ClN2O3S2/c1-3-9-18-24(21,22)13-6-4-5-12(10-13)16(20)19-11(2)14-7-8-15(17)23-14/h3-8,10-11,18H,1,9H2,2H3,(H,19,20). The molecule has 1 amide bonds. The minimum Gasteiger partial charge on any atom is -0.345 e. The van der Waals surface area contributed by atoms with Gasteiger partial charge in [0, 0.05) is 17.0 Å². The first-order valence-corrected chi connectivity index (χ1v) is 9.78. The van der Waals surface area contributed by atoms with Gasteiger partial charge in [0.25, 0.3) is 5.91 Å². The summed E-state index contributed by atoms with van der Waals surface area (Å²) in [5.41, 5.74) is 0.269. The summed E-state index contributed by atoms with van der Waals surface area (Å²) in [6, 6.07) is 9.26. The Kier molecular flexibility index (Phi) is 6.17. The highest BCUT2D eigenvalue weighted by Gasteiger charge is 2.17. The summed E-state index contributed by atoms with van der Waals surface area (Å²) in [6.45, 7) is 5.43. The highest BCUT2D eigenvalue weighted by molar-refractivity contribution is 7.89. The van der Waals surface area contributed by atoms with Gasteiger partial charge >= 0.3 is 0 Å². The van der Waals surface area contributed by atoms with Crippen molar-refractivity contribution in [3.63, 3.8) is 0 Å². The van der Waals surface area contributed by atoms with Gasteiger partial charge in [-0.05, 0) is 37.3 Å². The maximum Gasteiger partial charge on any atom is 0.251 e. The average Bonchev–Trinajstić information content (AvgIpc) is 2.99. The van der Waals surface area contributed by atoms with Crippen LogP contribution in [0, 0.1) is 0 Å². The minimum absolute atomic E-state index is 0.0313. The summed E-state index contributed by atoms with van der Waals surface area (Å²) in [5, 5.41) is 2.83. The predicted octanol–water partition coefficient (Wildman–Crippen LogP) is 3.36. The van der Waals surface area contributed by atoms with E-state index in [4.69, 9.17) is 11.6 Å². The lowest BCUT2D eigenvalue weighted by Gasteiger charge is -2.13. The van der Waals surface area contributed by atoms with Crippen LogP contribution in [-0.2, 0) is 10.0 Å². The van der Waals surface area contributed by atoms with Gasteiger partial charge in [-0.3, -0.25) is 4.79 Å². The molecule has 0 bridgehead atoms. The number of nitrogens with one attached hydrogen (secondary N) is 2. The van der Waals surface area contributed by atoms with E-state index in [1.54, 1.807) is 12.1 Å². The highest BCUT2D eigenvalue weighted by Crippen LogP contribution is 2.26. The third-order valence-electron chi connectivity index (χ3n) is 3.19. The Labute approximate surface area is 150 Å². The molecule has 1 aromatic heterocycles. The van der Waals surface area contributed by atoms with E-state index in [0.29, 0.717) is 4.34 Å². The number of sulfonamides is 1. The number of thiophene rings is 1. The first-order valence-electron chi connectivity index (χ1n) is 7.10. The zero-order chi connectivity index (χ0) is 17.7. The quantitative estimate of drug-likeness (QED) is 0.719. The molecule has 1 aromatic carbocycles. The van der Waals surface area contributed by atoms with E-state index >= 15 is 0 Å². The fourth-order valence-corrected chi connectivity index (χ4v) is 4.08. The molecule has 2 rings (SSSR count). The smallest absolute Gasteiger partial charge is 0.251 e. The molecule has 2 aromatic rings. The Morgan fingerprint density at radius 3 is 2.75 bits per heavy atom. The van der Waals surface area contributed by atoms with Gasteiger partial charge in [0.1, 0.15) is 0 Å². The van der Waals surface area contributed by atoms with Crippen molar-refractivity contribution in [3.8, 4) is 0 Å². The Hall–Kier alpha value is -1.67. The maximum absolute atomic E-state index is 12.4. The van der Waals surface area contributed by atoms with Gasteiger partial charge in [0.2, 0.25) is 10.0 Å². The summed E-state index contributed by atoms with van der Waals surface area (Å²) in [5.74, 6) is -0.354. The van der Waals surface area contributed by atoms with Gasteiger partial charge in [-0.1, -0.05) is 23.7 Å². The van der Waals surface area contributed by atoms with Gasteiger partial charge in [0.15, 0.2) is 0 Å². The summed E-state index contributed by atoms with van der Waals surface area (Å²) >= 11 is 7.28. The topological polar surface area (TPSA) is 75.3 Å². The van der Waals surface area contributed by atoms with Crippen LogP contribution in [0.3, 0.4) is 0 Å². The highest BCUT2D eigenvalue weighted by atomic mass is 35.5. The number of amides is 1. The lowest BCUT2D eigenvalue weighted by atomic mass is 10.2. The molecule has 0 spiro atoms. The monoisotopic (exact) mass is 384 g/mol. The zero-order valence-corrected chi connectivity index (χ0v) is 15.3. The molecule has 2 N–H and O–H groups in total. The predicted molar refractivity (Wildman–Crippen MR) is 97.0 cm³/mol. The number of hydrogen-bond donors (Lipinski definition) is 2. The fraction of sp³-hybridized carbons (Fsp3) is 0.188. The SMILES string of the molecule is C=CCNS(=O)(=O)c1cccc(C(=O)NC(C)c2ccc(Cl)s2)c1. The van der Waals surface area contributed by atoms with Crippen molar-refractivity contribution in [1.82, 2.24) is 10.0 Å². The van der Waals surface area contributed by atoms with Crippen LogP contribution < -0.4 is 10.0 Å². The molecule has 5 nitrogen and oxygen atoms in total. The Morgan fingerprint density at radius 2 is 2.12 bits per heavy atom. The van der Waals surface area contributed by atoms with Crippen molar-refractivity contribution in [3.05, 3.63) is 63.8 Å². The van der Waals surface area contributed by atoms with Crippen LogP contribution in [0.1, 0.15) is 28.2 Å². The van der Waals surface area contributed by atoms with Crippen molar-refractivity contribution in [1.29, 1.82) is 0 Å². The number of rotatable bonds is 7. The van der Waals surface area contributed by atoms with Crippen LogP contribution in [0.4, 0.5) is 0 Å². The molecule has 1 unspecified atom stereocenters. The van der Waals surface area contributed by atoms with Gasteiger partial charge in [-0.2, -0.15) is 0 Å². The molecule has 1 atom stereocenters. The summed E-state index contributed by atoms with van der Waals surface area (Å²) in [4.78, 5) is 13.3. The zero-order valence-electron chi connectivity index (χ0n) is 13.0. The lowest BCUT2D eigenvalue weighted by Crippen LogP contribution is -2.27. The first kappa shape index (κ1) is 18.7. The van der Waals surface area contributed by atoms with Crippen molar-refractivity contribution in [2.45, 2.75) is 17.9 Å². The first-order chi connectivity index (χ1) is 11.3. The van der Waals surface area contributed by atoms with E-state index in [-0.39, 0.29) is 29.0 Å². The summed E-state index contributed by atoms with van der Waals surface area (Å²) in [7, 11) is -3.67. The molecule has 24 heavy (non-hydrogen) atoms. The van der Waals surface area contributed by atoms with E-state index in [2.05, 4.69) is 16.6 Å². The van der Waals surface area contributed by atoms with Crippen LogP contribution >= 0.6 is 22.9 Å². The maximum atomic E-state index is 12.4. The normalized spacial score (nSPS) is 12.6. The van der Waals surface area contributed by atoms with Crippen LogP contribution in [-0.4, -0.2) is 20.9 Å². The molecule has 0 fully saturated rings. The third-order valence-corrected chi connectivity index (χ3v) is 6.03.